The molecule has 0 aliphatic carbocycles. The largest absolute Gasteiger partial charge is 0.497 e. The Labute approximate surface area is 185 Å². The number of anilines is 2. The highest BCUT2D eigenvalue weighted by molar-refractivity contribution is 7.18. The fourth-order valence-corrected chi connectivity index (χ4v) is 4.14. The minimum atomic E-state index is 0.622. The minimum absolute atomic E-state index is 0.622. The molecule has 0 radical (unpaired) electrons. The van der Waals surface area contributed by atoms with E-state index >= 15 is 0 Å². The maximum Gasteiger partial charge on any atom is 0.210 e. The van der Waals surface area contributed by atoms with Gasteiger partial charge in [-0.2, -0.15) is 5.26 Å². The smallest absolute Gasteiger partial charge is 0.210 e. The highest BCUT2D eigenvalue weighted by Crippen LogP contribution is 2.43. The highest BCUT2D eigenvalue weighted by Gasteiger charge is 2.18. The standard InChI is InChI=1S/C25H21N3O2S/c1-16-13-18(15-26)14-17(2)23(16)30-24-22(19-7-5-4-6-8-19)28-25(31-24)27-20-9-11-21(29-3)12-10-20/h4-14H,1-3H3,(H,27,28). The summed E-state index contributed by atoms with van der Waals surface area (Å²) in [4.78, 5) is 4.81. The van der Waals surface area contributed by atoms with Crippen molar-refractivity contribution in [1.29, 1.82) is 5.26 Å². The van der Waals surface area contributed by atoms with Crippen LogP contribution in [0.1, 0.15) is 16.7 Å². The van der Waals surface area contributed by atoms with Crippen molar-refractivity contribution in [2.45, 2.75) is 13.8 Å². The molecule has 1 heterocycles. The van der Waals surface area contributed by atoms with Crippen LogP contribution in [0.3, 0.4) is 0 Å². The lowest BCUT2D eigenvalue weighted by Gasteiger charge is -2.11. The first-order valence-electron chi connectivity index (χ1n) is 9.74. The van der Waals surface area contributed by atoms with E-state index in [0.29, 0.717) is 10.6 Å². The quantitative estimate of drug-likeness (QED) is 0.365. The predicted octanol–water partition coefficient (Wildman–Crippen LogP) is 6.84. The van der Waals surface area contributed by atoms with Crippen LogP contribution in [0.2, 0.25) is 0 Å². The van der Waals surface area contributed by atoms with Gasteiger partial charge in [-0.1, -0.05) is 41.7 Å². The summed E-state index contributed by atoms with van der Waals surface area (Å²) < 4.78 is 11.6. The Bertz CT molecular complexity index is 1220. The second-order valence-corrected chi connectivity index (χ2v) is 7.99. The molecule has 1 aromatic heterocycles. The van der Waals surface area contributed by atoms with Crippen molar-refractivity contribution < 1.29 is 9.47 Å². The zero-order chi connectivity index (χ0) is 21.8. The zero-order valence-electron chi connectivity index (χ0n) is 17.5. The number of benzene rings is 3. The van der Waals surface area contributed by atoms with E-state index in [4.69, 9.17) is 14.5 Å². The summed E-state index contributed by atoms with van der Waals surface area (Å²) in [5.74, 6) is 1.54. The van der Waals surface area contributed by atoms with Crippen LogP contribution < -0.4 is 14.8 Å². The summed E-state index contributed by atoms with van der Waals surface area (Å²) in [6, 6.07) is 23.5. The van der Waals surface area contributed by atoms with Gasteiger partial charge in [-0.15, -0.1) is 0 Å². The molecule has 0 saturated carbocycles. The minimum Gasteiger partial charge on any atom is -0.497 e. The van der Waals surface area contributed by atoms with Crippen LogP contribution in [0, 0.1) is 25.2 Å². The molecule has 4 rings (SSSR count). The summed E-state index contributed by atoms with van der Waals surface area (Å²) >= 11 is 1.44. The SMILES string of the molecule is COc1ccc(Nc2nc(-c3ccccc3)c(Oc3c(C)cc(C#N)cc3C)s2)cc1. The fourth-order valence-electron chi connectivity index (χ4n) is 3.27. The lowest BCUT2D eigenvalue weighted by atomic mass is 10.1. The third-order valence-corrected chi connectivity index (χ3v) is 5.62. The van der Waals surface area contributed by atoms with E-state index in [-0.39, 0.29) is 0 Å². The van der Waals surface area contributed by atoms with Crippen molar-refractivity contribution >= 4 is 22.2 Å². The topological polar surface area (TPSA) is 67.2 Å². The van der Waals surface area contributed by atoms with Gasteiger partial charge in [-0.05, 0) is 61.4 Å². The number of nitrogens with one attached hydrogen (secondary N) is 1. The van der Waals surface area contributed by atoms with E-state index in [2.05, 4.69) is 11.4 Å². The number of hydrogen-bond donors (Lipinski definition) is 1. The van der Waals surface area contributed by atoms with Crippen molar-refractivity contribution in [2.24, 2.45) is 0 Å². The van der Waals surface area contributed by atoms with Gasteiger partial charge >= 0.3 is 0 Å². The molecular weight excluding hydrogens is 406 g/mol. The van der Waals surface area contributed by atoms with Gasteiger partial charge < -0.3 is 14.8 Å². The molecule has 3 aromatic carbocycles. The number of aryl methyl sites for hydroxylation is 2. The predicted molar refractivity (Wildman–Crippen MR) is 125 cm³/mol. The number of ether oxygens (including phenoxy) is 2. The first-order chi connectivity index (χ1) is 15.1. The van der Waals surface area contributed by atoms with Gasteiger partial charge in [-0.3, -0.25) is 0 Å². The molecule has 0 aliphatic rings. The van der Waals surface area contributed by atoms with Crippen LogP contribution >= 0.6 is 11.3 Å². The van der Waals surface area contributed by atoms with E-state index < -0.39 is 0 Å². The van der Waals surface area contributed by atoms with E-state index in [1.54, 1.807) is 7.11 Å². The molecule has 5 nitrogen and oxygen atoms in total. The molecule has 4 aromatic rings. The first-order valence-corrected chi connectivity index (χ1v) is 10.6. The van der Waals surface area contributed by atoms with E-state index in [1.807, 2.05) is 80.6 Å². The molecule has 1 N–H and O–H groups in total. The molecule has 0 saturated heterocycles. The van der Waals surface area contributed by atoms with E-state index in [9.17, 15) is 5.26 Å². The number of nitriles is 1. The Balaban J connectivity index is 1.71. The molecule has 0 aliphatic heterocycles. The maximum atomic E-state index is 9.22. The Morgan fingerprint density at radius 1 is 0.968 bits per heavy atom. The number of nitrogens with zero attached hydrogens (tertiary/aromatic N) is 2. The number of hydrogen-bond acceptors (Lipinski definition) is 6. The van der Waals surface area contributed by atoms with Gasteiger partial charge in [0, 0.05) is 11.3 Å². The number of rotatable bonds is 6. The average molecular weight is 428 g/mol. The molecule has 0 amide bonds. The molecule has 31 heavy (non-hydrogen) atoms. The Hall–Kier alpha value is -3.82. The highest BCUT2D eigenvalue weighted by atomic mass is 32.1. The van der Waals surface area contributed by atoms with Gasteiger partial charge in [0.1, 0.15) is 17.2 Å². The zero-order valence-corrected chi connectivity index (χ0v) is 18.3. The normalized spacial score (nSPS) is 10.4. The molecule has 0 atom stereocenters. The van der Waals surface area contributed by atoms with Gasteiger partial charge in [0.05, 0.1) is 18.7 Å². The van der Waals surface area contributed by atoms with Gasteiger partial charge in [-0.25, -0.2) is 4.98 Å². The number of thiazole rings is 1. The maximum absolute atomic E-state index is 9.22. The molecular formula is C25H21N3O2S. The van der Waals surface area contributed by atoms with Crippen molar-refractivity contribution in [3.8, 4) is 33.9 Å². The lowest BCUT2D eigenvalue weighted by molar-refractivity contribution is 0.415. The Kier molecular flexibility index (Phi) is 5.87. The molecule has 0 fully saturated rings. The lowest BCUT2D eigenvalue weighted by Crippen LogP contribution is -1.93. The Morgan fingerprint density at radius 3 is 2.26 bits per heavy atom. The van der Waals surface area contributed by atoms with Crippen molar-refractivity contribution in [3.05, 3.63) is 83.4 Å². The fraction of sp³-hybridized carbons (Fsp3) is 0.120. The van der Waals surface area contributed by atoms with Gasteiger partial charge in [0.15, 0.2) is 5.13 Å². The second-order valence-electron chi connectivity index (χ2n) is 7.03. The first kappa shape index (κ1) is 20.5. The molecule has 0 spiro atoms. The molecule has 6 heteroatoms. The summed E-state index contributed by atoms with van der Waals surface area (Å²) in [5.41, 5.74) is 5.09. The third-order valence-electron chi connectivity index (χ3n) is 4.77. The molecule has 154 valence electrons. The van der Waals surface area contributed by atoms with Crippen LogP contribution in [-0.2, 0) is 0 Å². The number of methoxy groups -OCH3 is 1. The van der Waals surface area contributed by atoms with Crippen molar-refractivity contribution in [3.63, 3.8) is 0 Å². The van der Waals surface area contributed by atoms with Gasteiger partial charge in [0.2, 0.25) is 5.06 Å². The van der Waals surface area contributed by atoms with Crippen LogP contribution in [-0.4, -0.2) is 12.1 Å². The molecule has 0 bridgehead atoms. The second kappa shape index (κ2) is 8.90. The van der Waals surface area contributed by atoms with E-state index in [1.165, 1.54) is 11.3 Å². The Morgan fingerprint density at radius 2 is 1.65 bits per heavy atom. The summed E-state index contributed by atoms with van der Waals surface area (Å²) in [6.45, 7) is 3.89. The van der Waals surface area contributed by atoms with E-state index in [0.717, 1.165) is 44.7 Å². The molecule has 0 unspecified atom stereocenters. The van der Waals surface area contributed by atoms with Crippen LogP contribution in [0.5, 0.6) is 16.6 Å². The van der Waals surface area contributed by atoms with Crippen LogP contribution in [0.4, 0.5) is 10.8 Å². The van der Waals surface area contributed by atoms with Crippen molar-refractivity contribution in [1.82, 2.24) is 4.98 Å². The number of aromatic nitrogens is 1. The summed E-state index contributed by atoms with van der Waals surface area (Å²) in [6.07, 6.45) is 0. The average Bonchev–Trinajstić information content (AvgIpc) is 3.19. The third kappa shape index (κ3) is 4.52. The van der Waals surface area contributed by atoms with Gasteiger partial charge in [0.25, 0.3) is 0 Å². The monoisotopic (exact) mass is 427 g/mol. The van der Waals surface area contributed by atoms with Crippen molar-refractivity contribution in [2.75, 3.05) is 12.4 Å². The summed E-state index contributed by atoms with van der Waals surface area (Å²) in [5, 5.41) is 14.0. The van der Waals surface area contributed by atoms with Crippen LogP contribution in [0.15, 0.2) is 66.7 Å². The van der Waals surface area contributed by atoms with Crippen LogP contribution in [0.25, 0.3) is 11.3 Å². The summed E-state index contributed by atoms with van der Waals surface area (Å²) in [7, 11) is 1.64.